The Hall–Kier alpha value is -2.77. The molecule has 0 spiro atoms. The molecule has 2 aromatic rings. The van der Waals surface area contributed by atoms with E-state index in [0.717, 1.165) is 16.7 Å². The number of sulfonamides is 1. The minimum atomic E-state index is -3.69. The molecule has 2 N–H and O–H groups in total. The van der Waals surface area contributed by atoms with E-state index in [1.54, 1.807) is 12.1 Å². The number of rotatable bonds is 6. The van der Waals surface area contributed by atoms with Crippen LogP contribution in [-0.2, 0) is 21.4 Å². The van der Waals surface area contributed by atoms with Gasteiger partial charge in [0.05, 0.1) is 28.2 Å². The van der Waals surface area contributed by atoms with Gasteiger partial charge in [0, 0.05) is 24.7 Å². The Bertz CT molecular complexity index is 1150. The fourth-order valence-corrected chi connectivity index (χ4v) is 5.42. The van der Waals surface area contributed by atoms with Crippen LogP contribution in [0.3, 0.4) is 0 Å². The molecule has 0 aliphatic carbocycles. The standard InChI is InChI=1S/C22H23N3O5S/c1-14-18(6-7-19-20(14)13-30-22(19)27)21(26)12-25-9-8-16(11-25)24-31(28,29)17-4-2-15(10-23)3-5-17/h2-7,16,21,24,26H,8-9,11-13H2,1H3/t16-,21?/m1/s1. The molecule has 8 nitrogen and oxygen atoms in total. The SMILES string of the molecule is Cc1c(C(O)CN2CC[C@@H](NS(=O)(=O)c3ccc(C#N)cc3)C2)ccc2c1COC2=O. The van der Waals surface area contributed by atoms with Crippen LogP contribution < -0.4 is 4.72 Å². The summed E-state index contributed by atoms with van der Waals surface area (Å²) in [6.45, 7) is 3.60. The Morgan fingerprint density at radius 3 is 2.74 bits per heavy atom. The molecular formula is C22H23N3O5S. The summed E-state index contributed by atoms with van der Waals surface area (Å²) >= 11 is 0. The predicted octanol–water partition coefficient (Wildman–Crippen LogP) is 1.62. The maximum absolute atomic E-state index is 12.6. The van der Waals surface area contributed by atoms with Gasteiger partial charge in [-0.1, -0.05) is 6.07 Å². The first-order valence-corrected chi connectivity index (χ1v) is 11.5. The second-order valence-corrected chi connectivity index (χ2v) is 9.61. The van der Waals surface area contributed by atoms with Crippen LogP contribution in [0.5, 0.6) is 0 Å². The van der Waals surface area contributed by atoms with Crippen molar-refractivity contribution in [3.8, 4) is 6.07 Å². The van der Waals surface area contributed by atoms with Gasteiger partial charge in [0.25, 0.3) is 0 Å². The smallest absolute Gasteiger partial charge is 0.338 e. The lowest BCUT2D eigenvalue weighted by Gasteiger charge is -2.22. The first-order valence-electron chi connectivity index (χ1n) is 10.0. The lowest BCUT2D eigenvalue weighted by atomic mass is 9.95. The average Bonchev–Trinajstić information content (AvgIpc) is 3.34. The molecule has 2 heterocycles. The van der Waals surface area contributed by atoms with Crippen molar-refractivity contribution < 1.29 is 23.1 Å². The Morgan fingerprint density at radius 2 is 2.03 bits per heavy atom. The fourth-order valence-electron chi connectivity index (χ4n) is 4.16. The highest BCUT2D eigenvalue weighted by molar-refractivity contribution is 7.89. The number of aliphatic hydroxyl groups excluding tert-OH is 1. The number of ether oxygens (including phenoxy) is 1. The van der Waals surface area contributed by atoms with Gasteiger partial charge >= 0.3 is 5.97 Å². The quantitative estimate of drug-likeness (QED) is 0.654. The van der Waals surface area contributed by atoms with Gasteiger partial charge in [-0.05, 0) is 61.3 Å². The second kappa shape index (κ2) is 8.40. The summed E-state index contributed by atoms with van der Waals surface area (Å²) in [6, 6.07) is 10.9. The van der Waals surface area contributed by atoms with Crippen molar-refractivity contribution in [2.75, 3.05) is 19.6 Å². The van der Waals surface area contributed by atoms with Crippen LogP contribution in [0.15, 0.2) is 41.3 Å². The number of nitrogens with one attached hydrogen (secondary N) is 1. The number of nitrogens with zero attached hydrogens (tertiary/aromatic N) is 2. The first-order chi connectivity index (χ1) is 14.8. The van der Waals surface area contributed by atoms with Crippen LogP contribution in [0, 0.1) is 18.3 Å². The molecule has 2 aliphatic heterocycles. The van der Waals surface area contributed by atoms with Crippen molar-refractivity contribution in [2.45, 2.75) is 37.0 Å². The van der Waals surface area contributed by atoms with E-state index >= 15 is 0 Å². The normalized spacial score (nSPS) is 19.6. The number of fused-ring (bicyclic) bond motifs is 1. The monoisotopic (exact) mass is 441 g/mol. The van der Waals surface area contributed by atoms with Crippen molar-refractivity contribution in [2.24, 2.45) is 0 Å². The number of carbonyl (C=O) groups is 1. The zero-order chi connectivity index (χ0) is 22.2. The number of esters is 1. The van der Waals surface area contributed by atoms with Gasteiger partial charge < -0.3 is 9.84 Å². The largest absolute Gasteiger partial charge is 0.457 e. The molecule has 2 aliphatic rings. The molecule has 9 heteroatoms. The van der Waals surface area contributed by atoms with Gasteiger partial charge in [-0.15, -0.1) is 0 Å². The average molecular weight is 442 g/mol. The molecular weight excluding hydrogens is 418 g/mol. The Balaban J connectivity index is 1.38. The van der Waals surface area contributed by atoms with E-state index in [0.29, 0.717) is 37.2 Å². The minimum Gasteiger partial charge on any atom is -0.457 e. The summed E-state index contributed by atoms with van der Waals surface area (Å²) < 4.78 is 33.0. The molecule has 0 saturated carbocycles. The third-order valence-electron chi connectivity index (χ3n) is 5.89. The topological polar surface area (TPSA) is 120 Å². The van der Waals surface area contributed by atoms with Crippen molar-refractivity contribution in [3.63, 3.8) is 0 Å². The van der Waals surface area contributed by atoms with E-state index in [1.165, 1.54) is 24.3 Å². The summed E-state index contributed by atoms with van der Waals surface area (Å²) in [4.78, 5) is 13.8. The number of benzene rings is 2. The highest BCUT2D eigenvalue weighted by Gasteiger charge is 2.30. The van der Waals surface area contributed by atoms with Gasteiger partial charge in [0.1, 0.15) is 6.61 Å². The third-order valence-corrected chi connectivity index (χ3v) is 7.42. The lowest BCUT2D eigenvalue weighted by Crippen LogP contribution is -2.37. The van der Waals surface area contributed by atoms with Crippen molar-refractivity contribution in [1.29, 1.82) is 5.26 Å². The summed E-state index contributed by atoms with van der Waals surface area (Å²) in [5, 5.41) is 19.6. The number of β-amino-alcohol motifs (C(OH)–C–C–N with tert-alkyl or cyclic N) is 1. The highest BCUT2D eigenvalue weighted by atomic mass is 32.2. The fraction of sp³-hybridized carbons (Fsp3) is 0.364. The molecule has 1 unspecified atom stereocenters. The first kappa shape index (κ1) is 21.5. The van der Waals surface area contributed by atoms with Gasteiger partial charge in [-0.2, -0.15) is 5.26 Å². The van der Waals surface area contributed by atoms with Crippen LogP contribution in [0.25, 0.3) is 0 Å². The van der Waals surface area contributed by atoms with Crippen LogP contribution in [-0.4, -0.2) is 50.1 Å². The van der Waals surface area contributed by atoms with Gasteiger partial charge in [0.2, 0.25) is 10.0 Å². The molecule has 0 radical (unpaired) electrons. The zero-order valence-electron chi connectivity index (χ0n) is 17.0. The maximum atomic E-state index is 12.6. The van der Waals surface area contributed by atoms with E-state index < -0.39 is 16.1 Å². The second-order valence-electron chi connectivity index (χ2n) is 7.90. The number of cyclic esters (lactones) is 1. The van der Waals surface area contributed by atoms with Crippen molar-refractivity contribution in [3.05, 3.63) is 64.2 Å². The molecule has 1 fully saturated rings. The van der Waals surface area contributed by atoms with Crippen LogP contribution in [0.1, 0.15) is 45.1 Å². The van der Waals surface area contributed by atoms with Gasteiger partial charge in [-0.3, -0.25) is 4.90 Å². The van der Waals surface area contributed by atoms with Gasteiger partial charge in [0.15, 0.2) is 0 Å². The summed E-state index contributed by atoms with van der Waals surface area (Å²) in [7, 11) is -3.69. The molecule has 0 bridgehead atoms. The van der Waals surface area contributed by atoms with Gasteiger partial charge in [-0.25, -0.2) is 17.9 Å². The molecule has 4 rings (SSSR count). The Morgan fingerprint density at radius 1 is 1.29 bits per heavy atom. The van der Waals surface area contributed by atoms with Crippen LogP contribution in [0.4, 0.5) is 0 Å². The molecule has 2 aromatic carbocycles. The molecule has 31 heavy (non-hydrogen) atoms. The number of hydrogen-bond acceptors (Lipinski definition) is 7. The van der Waals surface area contributed by atoms with Crippen molar-refractivity contribution >= 4 is 16.0 Å². The van der Waals surface area contributed by atoms with Crippen LogP contribution in [0.2, 0.25) is 0 Å². The summed E-state index contributed by atoms with van der Waals surface area (Å²) in [6.07, 6.45) is -0.122. The number of carbonyl (C=O) groups excluding carboxylic acids is 1. The minimum absolute atomic E-state index is 0.121. The predicted molar refractivity (Wildman–Crippen MR) is 112 cm³/mol. The zero-order valence-corrected chi connectivity index (χ0v) is 17.9. The Kier molecular flexibility index (Phi) is 5.81. The number of nitriles is 1. The number of hydrogen-bond donors (Lipinski definition) is 2. The Labute approximate surface area is 181 Å². The van der Waals surface area contributed by atoms with E-state index in [4.69, 9.17) is 10.00 Å². The molecule has 0 amide bonds. The molecule has 1 saturated heterocycles. The molecule has 0 aromatic heterocycles. The lowest BCUT2D eigenvalue weighted by molar-refractivity contribution is 0.0535. The van der Waals surface area contributed by atoms with Crippen molar-refractivity contribution in [1.82, 2.24) is 9.62 Å². The number of aliphatic hydroxyl groups is 1. The third kappa shape index (κ3) is 4.34. The molecule has 2 atom stereocenters. The van der Waals surface area contributed by atoms with E-state index in [2.05, 4.69) is 4.72 Å². The highest BCUT2D eigenvalue weighted by Crippen LogP contribution is 2.30. The molecule has 162 valence electrons. The maximum Gasteiger partial charge on any atom is 0.338 e. The summed E-state index contributed by atoms with van der Waals surface area (Å²) in [5.74, 6) is -0.337. The van der Waals surface area contributed by atoms with Crippen LogP contribution >= 0.6 is 0 Å². The number of likely N-dealkylation sites (tertiary alicyclic amines) is 1. The summed E-state index contributed by atoms with van der Waals surface area (Å²) in [5.41, 5.74) is 3.37. The van der Waals surface area contributed by atoms with E-state index in [-0.39, 0.29) is 23.5 Å². The van der Waals surface area contributed by atoms with E-state index in [1.807, 2.05) is 17.9 Å². The van der Waals surface area contributed by atoms with E-state index in [9.17, 15) is 18.3 Å².